The van der Waals surface area contributed by atoms with Crippen molar-refractivity contribution in [1.29, 1.82) is 0 Å². The van der Waals surface area contributed by atoms with Gasteiger partial charge in [-0.3, -0.25) is 0 Å². The topological polar surface area (TPSA) is 50.9 Å². The summed E-state index contributed by atoms with van der Waals surface area (Å²) in [4.78, 5) is 4.21. The third kappa shape index (κ3) is 3.58. The predicted octanol–water partition coefficient (Wildman–Crippen LogP) is 3.26. The van der Waals surface area contributed by atoms with Gasteiger partial charge in [-0.1, -0.05) is 37.3 Å². The molecule has 1 heterocycles. The molecule has 0 radical (unpaired) electrons. The predicted molar refractivity (Wildman–Crippen MR) is 84.6 cm³/mol. The van der Waals surface area contributed by atoms with Crippen LogP contribution in [0.2, 0.25) is 0 Å². The minimum atomic E-state index is 0.213. The maximum Gasteiger partial charge on any atom is 0.128 e. The number of nitrogen functional groups attached to an aromatic ring is 1. The molecule has 0 amide bonds. The van der Waals surface area contributed by atoms with Crippen LogP contribution in [0.1, 0.15) is 36.1 Å². The van der Waals surface area contributed by atoms with E-state index in [0.29, 0.717) is 5.82 Å². The lowest BCUT2D eigenvalue weighted by Crippen LogP contribution is -2.25. The number of aromatic nitrogens is 1. The SMILES string of the molecule is CCCNC(Cc1ccccc1C)c1cccnc1N. The first-order chi connectivity index (χ1) is 9.72. The molecular weight excluding hydrogens is 246 g/mol. The standard InChI is InChI=1S/C17H23N3/c1-3-10-19-16(15-9-6-11-20-17(15)18)12-14-8-5-4-7-13(14)2/h4-9,11,16,19H,3,10,12H2,1-2H3,(H2,18,20). The first kappa shape index (κ1) is 14.5. The van der Waals surface area contributed by atoms with Crippen molar-refractivity contribution < 1.29 is 0 Å². The van der Waals surface area contributed by atoms with Crippen LogP contribution in [-0.4, -0.2) is 11.5 Å². The number of benzene rings is 1. The Morgan fingerprint density at radius 3 is 2.70 bits per heavy atom. The van der Waals surface area contributed by atoms with Crippen molar-refractivity contribution in [2.75, 3.05) is 12.3 Å². The van der Waals surface area contributed by atoms with E-state index in [2.05, 4.69) is 54.5 Å². The Labute approximate surface area is 121 Å². The number of aryl methyl sites for hydroxylation is 1. The molecular formula is C17H23N3. The number of rotatable bonds is 6. The van der Waals surface area contributed by atoms with Crippen molar-refractivity contribution in [3.05, 3.63) is 59.3 Å². The van der Waals surface area contributed by atoms with Crippen LogP contribution in [0.3, 0.4) is 0 Å². The Morgan fingerprint density at radius 2 is 2.00 bits per heavy atom. The van der Waals surface area contributed by atoms with Gasteiger partial charge in [0.1, 0.15) is 5.82 Å². The van der Waals surface area contributed by atoms with Crippen LogP contribution in [-0.2, 0) is 6.42 Å². The molecule has 1 unspecified atom stereocenters. The highest BCUT2D eigenvalue weighted by Gasteiger charge is 2.15. The van der Waals surface area contributed by atoms with Gasteiger partial charge >= 0.3 is 0 Å². The summed E-state index contributed by atoms with van der Waals surface area (Å²) in [5, 5.41) is 3.58. The monoisotopic (exact) mass is 269 g/mol. The Bertz CT molecular complexity index is 551. The van der Waals surface area contributed by atoms with E-state index in [1.165, 1.54) is 11.1 Å². The van der Waals surface area contributed by atoms with Gasteiger partial charge in [-0.25, -0.2) is 4.98 Å². The summed E-state index contributed by atoms with van der Waals surface area (Å²) in [5.41, 5.74) is 9.79. The zero-order valence-corrected chi connectivity index (χ0v) is 12.3. The number of nitrogens with one attached hydrogen (secondary N) is 1. The molecule has 3 nitrogen and oxygen atoms in total. The molecule has 0 aliphatic rings. The summed E-state index contributed by atoms with van der Waals surface area (Å²) in [6.45, 7) is 5.30. The van der Waals surface area contributed by atoms with Crippen molar-refractivity contribution in [3.8, 4) is 0 Å². The Balaban J connectivity index is 2.24. The number of nitrogens with zero attached hydrogens (tertiary/aromatic N) is 1. The lowest BCUT2D eigenvalue weighted by atomic mass is 9.96. The van der Waals surface area contributed by atoms with Gasteiger partial charge in [-0.2, -0.15) is 0 Å². The Morgan fingerprint density at radius 1 is 1.20 bits per heavy atom. The largest absolute Gasteiger partial charge is 0.383 e. The van der Waals surface area contributed by atoms with Gasteiger partial charge in [0.15, 0.2) is 0 Å². The molecule has 20 heavy (non-hydrogen) atoms. The molecule has 3 N–H and O–H groups in total. The Kier molecular flexibility index (Phi) is 5.13. The van der Waals surface area contributed by atoms with Crippen LogP contribution in [0, 0.1) is 6.92 Å². The van der Waals surface area contributed by atoms with Gasteiger partial charge in [-0.15, -0.1) is 0 Å². The molecule has 0 aliphatic heterocycles. The quantitative estimate of drug-likeness (QED) is 0.846. The van der Waals surface area contributed by atoms with Gasteiger partial charge in [0, 0.05) is 17.8 Å². The molecule has 0 saturated carbocycles. The van der Waals surface area contributed by atoms with Gasteiger partial charge < -0.3 is 11.1 Å². The summed E-state index contributed by atoms with van der Waals surface area (Å²) >= 11 is 0. The molecule has 0 fully saturated rings. The average molecular weight is 269 g/mol. The van der Waals surface area contributed by atoms with Gasteiger partial charge in [0.25, 0.3) is 0 Å². The minimum absolute atomic E-state index is 0.213. The number of hydrogen-bond acceptors (Lipinski definition) is 3. The molecule has 0 aliphatic carbocycles. The highest BCUT2D eigenvalue weighted by molar-refractivity contribution is 5.42. The molecule has 1 aromatic carbocycles. The molecule has 3 heteroatoms. The van der Waals surface area contributed by atoms with Crippen LogP contribution >= 0.6 is 0 Å². The second kappa shape index (κ2) is 7.06. The third-order valence-corrected chi connectivity index (χ3v) is 3.57. The third-order valence-electron chi connectivity index (χ3n) is 3.57. The molecule has 1 atom stereocenters. The van der Waals surface area contributed by atoms with Crippen LogP contribution < -0.4 is 11.1 Å². The highest BCUT2D eigenvalue weighted by Crippen LogP contribution is 2.23. The van der Waals surface area contributed by atoms with E-state index in [9.17, 15) is 0 Å². The zero-order valence-electron chi connectivity index (χ0n) is 12.3. The molecule has 0 bridgehead atoms. The van der Waals surface area contributed by atoms with Crippen molar-refractivity contribution in [1.82, 2.24) is 10.3 Å². The second-order valence-corrected chi connectivity index (χ2v) is 5.12. The molecule has 0 spiro atoms. The van der Waals surface area contributed by atoms with Crippen LogP contribution in [0.25, 0.3) is 0 Å². The lowest BCUT2D eigenvalue weighted by Gasteiger charge is -2.21. The first-order valence-electron chi connectivity index (χ1n) is 7.20. The summed E-state index contributed by atoms with van der Waals surface area (Å²) in [6.07, 6.45) is 3.77. The second-order valence-electron chi connectivity index (χ2n) is 5.12. The summed E-state index contributed by atoms with van der Waals surface area (Å²) < 4.78 is 0. The van der Waals surface area contributed by atoms with Crippen molar-refractivity contribution >= 4 is 5.82 Å². The van der Waals surface area contributed by atoms with E-state index in [0.717, 1.165) is 24.9 Å². The number of anilines is 1. The van der Waals surface area contributed by atoms with E-state index in [1.54, 1.807) is 6.20 Å². The fourth-order valence-electron chi connectivity index (χ4n) is 2.39. The molecule has 1 aromatic heterocycles. The van der Waals surface area contributed by atoms with E-state index in [4.69, 9.17) is 5.73 Å². The fourth-order valence-corrected chi connectivity index (χ4v) is 2.39. The van der Waals surface area contributed by atoms with Gasteiger partial charge in [-0.05, 0) is 43.5 Å². The molecule has 2 aromatic rings. The first-order valence-corrected chi connectivity index (χ1v) is 7.20. The van der Waals surface area contributed by atoms with E-state index >= 15 is 0 Å². The summed E-state index contributed by atoms with van der Waals surface area (Å²) in [7, 11) is 0. The number of pyridine rings is 1. The average Bonchev–Trinajstić information content (AvgIpc) is 2.46. The maximum atomic E-state index is 6.03. The number of hydrogen-bond donors (Lipinski definition) is 2. The molecule has 106 valence electrons. The number of nitrogens with two attached hydrogens (primary N) is 1. The van der Waals surface area contributed by atoms with Gasteiger partial charge in [0.2, 0.25) is 0 Å². The molecule has 2 rings (SSSR count). The van der Waals surface area contributed by atoms with Crippen molar-refractivity contribution in [3.63, 3.8) is 0 Å². The Hall–Kier alpha value is -1.87. The fraction of sp³-hybridized carbons (Fsp3) is 0.353. The molecule has 0 saturated heterocycles. The van der Waals surface area contributed by atoms with Crippen LogP contribution in [0.5, 0.6) is 0 Å². The van der Waals surface area contributed by atoms with Crippen molar-refractivity contribution in [2.24, 2.45) is 0 Å². The lowest BCUT2D eigenvalue weighted by molar-refractivity contribution is 0.528. The maximum absolute atomic E-state index is 6.03. The minimum Gasteiger partial charge on any atom is -0.383 e. The van der Waals surface area contributed by atoms with E-state index in [-0.39, 0.29) is 6.04 Å². The zero-order chi connectivity index (χ0) is 14.4. The normalized spacial score (nSPS) is 12.3. The van der Waals surface area contributed by atoms with Crippen molar-refractivity contribution in [2.45, 2.75) is 32.7 Å². The van der Waals surface area contributed by atoms with Crippen LogP contribution in [0.4, 0.5) is 5.82 Å². The smallest absolute Gasteiger partial charge is 0.128 e. The van der Waals surface area contributed by atoms with Gasteiger partial charge in [0.05, 0.1) is 0 Å². The van der Waals surface area contributed by atoms with E-state index in [1.807, 2.05) is 6.07 Å². The summed E-state index contributed by atoms with van der Waals surface area (Å²) in [6, 6.07) is 12.7. The highest BCUT2D eigenvalue weighted by atomic mass is 14.9. The van der Waals surface area contributed by atoms with E-state index < -0.39 is 0 Å². The van der Waals surface area contributed by atoms with Crippen LogP contribution in [0.15, 0.2) is 42.6 Å². The summed E-state index contributed by atoms with van der Waals surface area (Å²) in [5.74, 6) is 0.620.